The second kappa shape index (κ2) is 15.5. The van der Waals surface area contributed by atoms with E-state index in [1.807, 2.05) is 6.07 Å². The SMILES string of the molecule is c1ccc(-c2ccc(-c3ccc(N(c4cccc([Si](c5ccccc5)(c5ccccc5)c5ccccc5)c4)c4cccc5ccc6c7ccccc7oc6c45)cc3)cc2)cc1. The fourth-order valence-electron chi connectivity index (χ4n) is 9.38. The highest BCUT2D eigenvalue weighted by Gasteiger charge is 2.41. The predicted molar refractivity (Wildman–Crippen MR) is 260 cm³/mol. The van der Waals surface area contributed by atoms with Crippen LogP contribution in [0.1, 0.15) is 0 Å². The summed E-state index contributed by atoms with van der Waals surface area (Å²) in [6, 6.07) is 90.6. The summed E-state index contributed by atoms with van der Waals surface area (Å²) in [5.74, 6) is 0. The highest BCUT2D eigenvalue weighted by Crippen LogP contribution is 2.44. The zero-order valence-electron chi connectivity index (χ0n) is 33.5. The van der Waals surface area contributed by atoms with Crippen LogP contribution in [0.2, 0.25) is 0 Å². The molecule has 0 spiro atoms. The molecule has 0 bridgehead atoms. The zero-order chi connectivity index (χ0) is 40.6. The first-order valence-electron chi connectivity index (χ1n) is 20.9. The Balaban J connectivity index is 1.13. The van der Waals surface area contributed by atoms with Gasteiger partial charge in [-0.05, 0) is 90.9 Å². The van der Waals surface area contributed by atoms with Gasteiger partial charge in [0.05, 0.1) is 5.69 Å². The van der Waals surface area contributed by atoms with Crippen LogP contribution in [0.4, 0.5) is 17.1 Å². The lowest BCUT2D eigenvalue weighted by Crippen LogP contribution is -2.74. The van der Waals surface area contributed by atoms with Gasteiger partial charge >= 0.3 is 0 Å². The molecule has 0 unspecified atom stereocenters. The summed E-state index contributed by atoms with van der Waals surface area (Å²) < 4.78 is 6.78. The third-order valence-corrected chi connectivity index (χ3v) is 17.0. The van der Waals surface area contributed by atoms with Gasteiger partial charge in [-0.2, -0.15) is 0 Å². The average molecular weight is 796 g/mol. The molecule has 0 atom stereocenters. The first-order valence-corrected chi connectivity index (χ1v) is 22.9. The third-order valence-electron chi connectivity index (χ3n) is 12.2. The van der Waals surface area contributed by atoms with Crippen molar-refractivity contribution >= 4 is 78.6 Å². The molecule has 61 heavy (non-hydrogen) atoms. The monoisotopic (exact) mass is 795 g/mol. The second-order valence-corrected chi connectivity index (χ2v) is 19.4. The van der Waals surface area contributed by atoms with Crippen LogP contribution in [-0.2, 0) is 0 Å². The summed E-state index contributed by atoms with van der Waals surface area (Å²) in [6.45, 7) is 0. The predicted octanol–water partition coefficient (Wildman–Crippen LogP) is 12.9. The fourth-order valence-corrected chi connectivity index (χ4v) is 14.2. The number of rotatable bonds is 9. The molecule has 10 aromatic carbocycles. The summed E-state index contributed by atoms with van der Waals surface area (Å²) in [5, 5.41) is 9.77. The highest BCUT2D eigenvalue weighted by atomic mass is 28.3. The Labute approximate surface area is 357 Å². The van der Waals surface area contributed by atoms with Gasteiger partial charge in [-0.1, -0.05) is 206 Å². The van der Waals surface area contributed by atoms with E-state index in [-0.39, 0.29) is 0 Å². The molecule has 0 aliphatic carbocycles. The zero-order valence-corrected chi connectivity index (χ0v) is 34.5. The maximum atomic E-state index is 6.78. The molecule has 1 aromatic heterocycles. The Kier molecular flexibility index (Phi) is 9.22. The molecule has 0 saturated carbocycles. The van der Waals surface area contributed by atoms with Crippen molar-refractivity contribution in [3.63, 3.8) is 0 Å². The number of benzene rings is 10. The normalized spacial score (nSPS) is 11.6. The molecule has 0 fully saturated rings. The number of hydrogen-bond donors (Lipinski definition) is 0. The van der Waals surface area contributed by atoms with Gasteiger partial charge in [-0.25, -0.2) is 0 Å². The summed E-state index contributed by atoms with van der Waals surface area (Å²) in [6.07, 6.45) is 0. The van der Waals surface area contributed by atoms with Crippen molar-refractivity contribution in [2.45, 2.75) is 0 Å². The van der Waals surface area contributed by atoms with Crippen LogP contribution < -0.4 is 25.6 Å². The van der Waals surface area contributed by atoms with E-state index in [0.717, 1.165) is 49.8 Å². The minimum absolute atomic E-state index is 0.889. The molecule has 0 saturated heterocycles. The van der Waals surface area contributed by atoms with E-state index in [2.05, 4.69) is 248 Å². The van der Waals surface area contributed by atoms with Crippen molar-refractivity contribution in [1.29, 1.82) is 0 Å². The lowest BCUT2D eigenvalue weighted by molar-refractivity contribution is 0.672. The molecule has 11 rings (SSSR count). The van der Waals surface area contributed by atoms with Crippen LogP contribution in [0.25, 0.3) is 55.0 Å². The summed E-state index contributed by atoms with van der Waals surface area (Å²) in [7, 11) is -2.83. The number of anilines is 3. The number of fused-ring (bicyclic) bond motifs is 5. The van der Waals surface area contributed by atoms with E-state index in [4.69, 9.17) is 4.42 Å². The topological polar surface area (TPSA) is 16.4 Å². The van der Waals surface area contributed by atoms with E-state index in [1.54, 1.807) is 0 Å². The standard InChI is InChI=1S/C58H41NOSi/c1-5-17-42(18-6-1)43-31-33-44(34-32-43)45-35-38-47(39-36-45)59(55-29-15-19-46-37-40-54-53-28-13-14-30-56(53)60-58(54)57(46)55)48-20-16-27-52(41-48)61(49-21-7-2-8-22-49,50-23-9-3-10-24-50)51-25-11-4-12-26-51/h1-41H. The van der Waals surface area contributed by atoms with Gasteiger partial charge in [0.1, 0.15) is 11.2 Å². The average Bonchev–Trinajstić information content (AvgIpc) is 3.73. The molecule has 0 amide bonds. The van der Waals surface area contributed by atoms with E-state index in [1.165, 1.54) is 43.0 Å². The van der Waals surface area contributed by atoms with Gasteiger partial charge in [0, 0.05) is 27.5 Å². The Morgan fingerprint density at radius 2 is 0.820 bits per heavy atom. The Morgan fingerprint density at radius 1 is 0.328 bits per heavy atom. The highest BCUT2D eigenvalue weighted by molar-refractivity contribution is 7.19. The van der Waals surface area contributed by atoms with Crippen LogP contribution in [0.5, 0.6) is 0 Å². The molecule has 2 nitrogen and oxygen atoms in total. The maximum absolute atomic E-state index is 6.78. The van der Waals surface area contributed by atoms with Crippen LogP contribution in [0.15, 0.2) is 253 Å². The first-order chi connectivity index (χ1) is 30.3. The van der Waals surface area contributed by atoms with Crippen molar-refractivity contribution in [3.8, 4) is 22.3 Å². The lowest BCUT2D eigenvalue weighted by atomic mass is 9.99. The van der Waals surface area contributed by atoms with Crippen molar-refractivity contribution in [2.75, 3.05) is 4.90 Å². The molecular formula is C58H41NOSi. The van der Waals surface area contributed by atoms with Crippen LogP contribution >= 0.6 is 0 Å². The quantitative estimate of drug-likeness (QED) is 0.107. The van der Waals surface area contributed by atoms with Gasteiger partial charge < -0.3 is 9.32 Å². The molecule has 0 aliphatic heterocycles. The molecule has 11 aromatic rings. The van der Waals surface area contributed by atoms with E-state index >= 15 is 0 Å². The summed E-state index contributed by atoms with van der Waals surface area (Å²) in [5.41, 5.74) is 9.76. The van der Waals surface area contributed by atoms with Crippen LogP contribution in [0, 0.1) is 0 Å². The minimum atomic E-state index is -2.83. The largest absolute Gasteiger partial charge is 0.455 e. The van der Waals surface area contributed by atoms with Crippen LogP contribution in [0.3, 0.4) is 0 Å². The minimum Gasteiger partial charge on any atom is -0.455 e. The van der Waals surface area contributed by atoms with Gasteiger partial charge in [0.2, 0.25) is 0 Å². The molecule has 288 valence electrons. The number of nitrogens with zero attached hydrogens (tertiary/aromatic N) is 1. The van der Waals surface area contributed by atoms with E-state index in [9.17, 15) is 0 Å². The second-order valence-electron chi connectivity index (χ2n) is 15.6. The van der Waals surface area contributed by atoms with Gasteiger partial charge in [0.25, 0.3) is 0 Å². The fraction of sp³-hybridized carbons (Fsp3) is 0. The molecule has 0 radical (unpaired) electrons. The number of para-hydroxylation sites is 1. The number of furan rings is 1. The first kappa shape index (κ1) is 36.4. The van der Waals surface area contributed by atoms with E-state index in [0.29, 0.717) is 0 Å². The van der Waals surface area contributed by atoms with Gasteiger partial charge in [0.15, 0.2) is 8.07 Å². The molecule has 0 aliphatic rings. The van der Waals surface area contributed by atoms with E-state index < -0.39 is 8.07 Å². The Hall–Kier alpha value is -7.72. The summed E-state index contributed by atoms with van der Waals surface area (Å²) in [4.78, 5) is 2.43. The van der Waals surface area contributed by atoms with Crippen molar-refractivity contribution in [1.82, 2.24) is 0 Å². The third kappa shape index (κ3) is 6.35. The summed E-state index contributed by atoms with van der Waals surface area (Å²) >= 11 is 0. The Bertz CT molecular complexity index is 3170. The van der Waals surface area contributed by atoms with Gasteiger partial charge in [-0.3, -0.25) is 0 Å². The van der Waals surface area contributed by atoms with Gasteiger partial charge in [-0.15, -0.1) is 0 Å². The number of hydrogen-bond acceptors (Lipinski definition) is 2. The van der Waals surface area contributed by atoms with Crippen molar-refractivity contribution < 1.29 is 4.42 Å². The molecular weight excluding hydrogens is 755 g/mol. The Morgan fingerprint density at radius 3 is 1.43 bits per heavy atom. The smallest absolute Gasteiger partial charge is 0.179 e. The van der Waals surface area contributed by atoms with Crippen molar-refractivity contribution in [2.24, 2.45) is 0 Å². The maximum Gasteiger partial charge on any atom is 0.179 e. The molecule has 0 N–H and O–H groups in total. The van der Waals surface area contributed by atoms with Crippen LogP contribution in [-0.4, -0.2) is 8.07 Å². The molecule has 1 heterocycles. The van der Waals surface area contributed by atoms with Crippen molar-refractivity contribution in [3.05, 3.63) is 249 Å². The molecule has 3 heteroatoms. The lowest BCUT2D eigenvalue weighted by Gasteiger charge is -2.35.